The van der Waals surface area contributed by atoms with Crippen LogP contribution in [0.5, 0.6) is 0 Å². The maximum absolute atomic E-state index is 13.3. The summed E-state index contributed by atoms with van der Waals surface area (Å²) in [7, 11) is 0. The molecule has 0 radical (unpaired) electrons. The molecule has 1 aromatic rings. The maximum atomic E-state index is 13.3. The summed E-state index contributed by atoms with van der Waals surface area (Å²) in [5, 5.41) is 9.45. The molecule has 0 spiro atoms. The quantitative estimate of drug-likeness (QED) is 0.923. The number of carbonyl (C=O) groups is 1. The lowest BCUT2D eigenvalue weighted by atomic mass is 9.84. The molecule has 108 valence electrons. The molecule has 3 atom stereocenters. The average Bonchev–Trinajstić information content (AvgIpc) is 2.78. The van der Waals surface area contributed by atoms with Crippen molar-refractivity contribution in [2.45, 2.75) is 50.7 Å². The minimum atomic E-state index is -0.740. The highest BCUT2D eigenvalue weighted by Crippen LogP contribution is 2.40. The first-order valence-electron chi connectivity index (χ1n) is 7.38. The zero-order valence-electron chi connectivity index (χ0n) is 11.5. The Labute approximate surface area is 118 Å². The second-order valence-electron chi connectivity index (χ2n) is 6.00. The van der Waals surface area contributed by atoms with Crippen LogP contribution in [0.3, 0.4) is 0 Å². The van der Waals surface area contributed by atoms with Gasteiger partial charge in [-0.15, -0.1) is 0 Å². The Morgan fingerprint density at radius 2 is 2.15 bits per heavy atom. The Morgan fingerprint density at radius 1 is 1.35 bits per heavy atom. The predicted octanol–water partition coefficient (Wildman–Crippen LogP) is 3.04. The fourth-order valence-corrected chi connectivity index (χ4v) is 3.87. The highest BCUT2D eigenvalue weighted by atomic mass is 19.1. The van der Waals surface area contributed by atoms with Crippen LogP contribution in [0, 0.1) is 11.7 Å². The van der Waals surface area contributed by atoms with Crippen molar-refractivity contribution >= 4 is 5.97 Å². The Hall–Kier alpha value is -1.42. The molecule has 1 aliphatic carbocycles. The van der Waals surface area contributed by atoms with Crippen molar-refractivity contribution in [1.29, 1.82) is 0 Å². The van der Waals surface area contributed by atoms with E-state index >= 15 is 0 Å². The molecule has 1 N–H and O–H groups in total. The smallest absolute Gasteiger partial charge is 0.320 e. The third kappa shape index (κ3) is 2.57. The van der Waals surface area contributed by atoms with Gasteiger partial charge in [-0.2, -0.15) is 0 Å². The van der Waals surface area contributed by atoms with Gasteiger partial charge >= 0.3 is 5.97 Å². The van der Waals surface area contributed by atoms with Gasteiger partial charge < -0.3 is 5.11 Å². The molecule has 3 rings (SSSR count). The molecule has 0 unspecified atom stereocenters. The van der Waals surface area contributed by atoms with Gasteiger partial charge in [-0.05, 0) is 42.9 Å². The molecule has 3 nitrogen and oxygen atoms in total. The Morgan fingerprint density at radius 3 is 2.90 bits per heavy atom. The predicted molar refractivity (Wildman–Crippen MR) is 73.7 cm³/mol. The molecule has 1 saturated heterocycles. The van der Waals surface area contributed by atoms with E-state index in [1.165, 1.54) is 25.0 Å². The number of halogens is 1. The second-order valence-corrected chi connectivity index (χ2v) is 6.00. The van der Waals surface area contributed by atoms with Gasteiger partial charge in [-0.25, -0.2) is 4.39 Å². The first-order valence-corrected chi connectivity index (χ1v) is 7.38. The van der Waals surface area contributed by atoms with Crippen LogP contribution in [0.15, 0.2) is 24.3 Å². The van der Waals surface area contributed by atoms with Crippen molar-refractivity contribution in [3.05, 3.63) is 35.6 Å². The lowest BCUT2D eigenvalue weighted by Crippen LogP contribution is -2.41. The number of carboxylic acid groups (broad SMARTS) is 1. The van der Waals surface area contributed by atoms with Crippen LogP contribution in [0.25, 0.3) is 0 Å². The zero-order chi connectivity index (χ0) is 14.1. The standard InChI is InChI=1S/C16H20FNO2/c17-13-6-3-4-11(8-13)10-18-14-7-2-1-5-12(14)9-15(18)16(19)20/h3-4,6,8,12,14-15H,1-2,5,7,9-10H2,(H,19,20)/t12-,14-,15-/m0/s1. The molecular formula is C16H20FNO2. The first kappa shape index (κ1) is 13.6. The normalized spacial score (nSPS) is 30.1. The van der Waals surface area contributed by atoms with E-state index in [-0.39, 0.29) is 5.82 Å². The molecule has 2 aliphatic rings. The molecule has 2 fully saturated rings. The van der Waals surface area contributed by atoms with E-state index in [0.29, 0.717) is 18.5 Å². The van der Waals surface area contributed by atoms with Gasteiger partial charge in [0, 0.05) is 12.6 Å². The molecule has 0 amide bonds. The monoisotopic (exact) mass is 277 g/mol. The van der Waals surface area contributed by atoms with Crippen LogP contribution in [-0.4, -0.2) is 28.1 Å². The molecule has 1 aromatic carbocycles. The van der Waals surface area contributed by atoms with E-state index in [1.807, 2.05) is 6.07 Å². The Kier molecular flexibility index (Phi) is 3.74. The number of nitrogens with zero attached hydrogens (tertiary/aromatic N) is 1. The number of rotatable bonds is 3. The molecule has 0 bridgehead atoms. The van der Waals surface area contributed by atoms with Crippen LogP contribution in [-0.2, 0) is 11.3 Å². The van der Waals surface area contributed by atoms with Crippen LogP contribution >= 0.6 is 0 Å². The van der Waals surface area contributed by atoms with Gasteiger partial charge in [-0.1, -0.05) is 25.0 Å². The van der Waals surface area contributed by atoms with E-state index in [2.05, 4.69) is 4.90 Å². The van der Waals surface area contributed by atoms with E-state index in [4.69, 9.17) is 0 Å². The van der Waals surface area contributed by atoms with E-state index < -0.39 is 12.0 Å². The summed E-state index contributed by atoms with van der Waals surface area (Å²) < 4.78 is 13.3. The number of fused-ring (bicyclic) bond motifs is 1. The van der Waals surface area contributed by atoms with Crippen LogP contribution in [0.2, 0.25) is 0 Å². The summed E-state index contributed by atoms with van der Waals surface area (Å²) >= 11 is 0. The lowest BCUT2D eigenvalue weighted by molar-refractivity contribution is -0.142. The molecular weight excluding hydrogens is 257 g/mol. The van der Waals surface area contributed by atoms with Gasteiger partial charge in [0.2, 0.25) is 0 Å². The number of carboxylic acids is 1. The van der Waals surface area contributed by atoms with Gasteiger partial charge in [0.05, 0.1) is 0 Å². The van der Waals surface area contributed by atoms with E-state index in [9.17, 15) is 14.3 Å². The number of hydrogen-bond acceptors (Lipinski definition) is 2. The third-order valence-corrected chi connectivity index (χ3v) is 4.76. The third-order valence-electron chi connectivity index (χ3n) is 4.76. The Bertz CT molecular complexity index is 505. The molecule has 1 saturated carbocycles. The lowest BCUT2D eigenvalue weighted by Gasteiger charge is -2.33. The zero-order valence-corrected chi connectivity index (χ0v) is 11.5. The van der Waals surface area contributed by atoms with E-state index in [1.54, 1.807) is 6.07 Å². The van der Waals surface area contributed by atoms with Crippen molar-refractivity contribution in [2.75, 3.05) is 0 Å². The second kappa shape index (κ2) is 5.52. The average molecular weight is 277 g/mol. The summed E-state index contributed by atoms with van der Waals surface area (Å²) in [4.78, 5) is 13.6. The summed E-state index contributed by atoms with van der Waals surface area (Å²) in [6.45, 7) is 0.538. The highest BCUT2D eigenvalue weighted by Gasteiger charge is 2.44. The number of likely N-dealkylation sites (tertiary alicyclic amines) is 1. The Balaban J connectivity index is 1.82. The fourth-order valence-electron chi connectivity index (χ4n) is 3.87. The molecule has 1 heterocycles. The maximum Gasteiger partial charge on any atom is 0.320 e. The summed E-state index contributed by atoms with van der Waals surface area (Å²) in [5.74, 6) is -0.497. The van der Waals surface area contributed by atoms with Crippen LogP contribution in [0.1, 0.15) is 37.7 Å². The fraction of sp³-hybridized carbons (Fsp3) is 0.562. The van der Waals surface area contributed by atoms with Crippen LogP contribution < -0.4 is 0 Å². The topological polar surface area (TPSA) is 40.5 Å². The van der Waals surface area contributed by atoms with Gasteiger partial charge in [0.1, 0.15) is 11.9 Å². The van der Waals surface area contributed by atoms with Gasteiger partial charge in [0.25, 0.3) is 0 Å². The molecule has 0 aromatic heterocycles. The van der Waals surface area contributed by atoms with Crippen molar-refractivity contribution in [2.24, 2.45) is 5.92 Å². The highest BCUT2D eigenvalue weighted by molar-refractivity contribution is 5.74. The molecule has 20 heavy (non-hydrogen) atoms. The van der Waals surface area contributed by atoms with Crippen molar-refractivity contribution < 1.29 is 14.3 Å². The number of aliphatic carboxylic acids is 1. The first-order chi connectivity index (χ1) is 9.65. The van der Waals surface area contributed by atoms with Gasteiger partial charge in [0.15, 0.2) is 0 Å². The summed E-state index contributed by atoms with van der Waals surface area (Å²) in [6, 6.07) is 6.44. The SMILES string of the molecule is O=C(O)[C@@H]1C[C@@H]2CCCC[C@@H]2N1Cc1cccc(F)c1. The molecule has 1 aliphatic heterocycles. The number of hydrogen-bond donors (Lipinski definition) is 1. The number of benzene rings is 1. The van der Waals surface area contributed by atoms with Crippen molar-refractivity contribution in [1.82, 2.24) is 4.90 Å². The largest absolute Gasteiger partial charge is 0.480 e. The summed E-state index contributed by atoms with van der Waals surface area (Å²) in [6.07, 6.45) is 5.33. The summed E-state index contributed by atoms with van der Waals surface area (Å²) in [5.41, 5.74) is 0.863. The van der Waals surface area contributed by atoms with Gasteiger partial charge in [-0.3, -0.25) is 9.69 Å². The molecule has 4 heteroatoms. The van der Waals surface area contributed by atoms with E-state index in [0.717, 1.165) is 24.8 Å². The van der Waals surface area contributed by atoms with Crippen LogP contribution in [0.4, 0.5) is 4.39 Å². The van der Waals surface area contributed by atoms with Crippen molar-refractivity contribution in [3.8, 4) is 0 Å². The minimum Gasteiger partial charge on any atom is -0.480 e. The minimum absolute atomic E-state index is 0.256. The van der Waals surface area contributed by atoms with Crippen molar-refractivity contribution in [3.63, 3.8) is 0 Å².